The van der Waals surface area contributed by atoms with Crippen LogP contribution in [0.4, 0.5) is 0 Å². The SMILES string of the molecule is Oc1cc([Te]c2cc(O)c(O)c(O)c2)cc(O)c1O. The van der Waals surface area contributed by atoms with Gasteiger partial charge < -0.3 is 0 Å². The maximum absolute atomic E-state index is 9.38. The predicted molar refractivity (Wildman–Crippen MR) is 67.9 cm³/mol. The number of rotatable bonds is 2. The first-order valence-electron chi connectivity index (χ1n) is 5.06. The Hall–Kier alpha value is -1.97. The third kappa shape index (κ3) is 2.72. The summed E-state index contributed by atoms with van der Waals surface area (Å²) in [6, 6.07) is 5.22. The molecule has 6 N–H and O–H groups in total. The maximum atomic E-state index is 9.38. The van der Waals surface area contributed by atoms with Crippen molar-refractivity contribution in [2.45, 2.75) is 0 Å². The summed E-state index contributed by atoms with van der Waals surface area (Å²) in [7, 11) is 0. The molecule has 0 aliphatic carbocycles. The van der Waals surface area contributed by atoms with E-state index in [4.69, 9.17) is 0 Å². The Kier molecular flexibility index (Phi) is 3.51. The van der Waals surface area contributed by atoms with E-state index in [2.05, 4.69) is 0 Å². The third-order valence-corrected chi connectivity index (χ3v) is 5.01. The molecule has 19 heavy (non-hydrogen) atoms. The van der Waals surface area contributed by atoms with E-state index in [0.29, 0.717) is 7.22 Å². The van der Waals surface area contributed by atoms with Gasteiger partial charge in [-0.2, -0.15) is 0 Å². The number of benzene rings is 2. The minimum absolute atomic E-state index is 0.438. The number of phenols is 6. The average Bonchev–Trinajstić information content (AvgIpc) is 2.33. The first kappa shape index (κ1) is 13.5. The van der Waals surface area contributed by atoms with Crippen molar-refractivity contribution in [2.75, 3.05) is 0 Å². The molecule has 0 atom stereocenters. The van der Waals surface area contributed by atoms with Crippen molar-refractivity contribution in [1.29, 1.82) is 0 Å². The van der Waals surface area contributed by atoms with Gasteiger partial charge in [-0.1, -0.05) is 0 Å². The van der Waals surface area contributed by atoms with Crippen LogP contribution in [0.3, 0.4) is 0 Å². The van der Waals surface area contributed by atoms with Crippen molar-refractivity contribution >= 4 is 28.1 Å². The second-order valence-corrected chi connectivity index (χ2v) is 7.00. The molecule has 0 amide bonds. The van der Waals surface area contributed by atoms with Gasteiger partial charge in [-0.05, 0) is 0 Å². The second kappa shape index (κ2) is 4.96. The molecule has 0 radical (unpaired) electrons. The normalized spacial score (nSPS) is 10.5. The molecule has 0 saturated heterocycles. The number of hydrogen-bond acceptors (Lipinski definition) is 6. The van der Waals surface area contributed by atoms with Gasteiger partial charge >= 0.3 is 118 Å². The van der Waals surface area contributed by atoms with Crippen LogP contribution < -0.4 is 7.22 Å². The standard InChI is InChI=1S/C12H10O6Te/c13-7-1-5(2-8(14)11(7)17)19-6-3-9(15)12(18)10(16)4-6/h1-4,13-18H. The number of hydrogen-bond donors (Lipinski definition) is 6. The molecule has 0 saturated carbocycles. The molecule has 6 nitrogen and oxygen atoms in total. The van der Waals surface area contributed by atoms with Gasteiger partial charge in [0.2, 0.25) is 0 Å². The van der Waals surface area contributed by atoms with Crippen LogP contribution in [0.2, 0.25) is 0 Å². The quantitative estimate of drug-likeness (QED) is 0.312. The molecule has 7 heteroatoms. The third-order valence-electron chi connectivity index (χ3n) is 2.32. The zero-order valence-corrected chi connectivity index (χ0v) is 11.7. The van der Waals surface area contributed by atoms with E-state index in [-0.39, 0.29) is 0 Å². The van der Waals surface area contributed by atoms with Crippen LogP contribution in [0, 0.1) is 0 Å². The summed E-state index contributed by atoms with van der Waals surface area (Å²) in [4.78, 5) is 0. The van der Waals surface area contributed by atoms with E-state index < -0.39 is 55.4 Å². The van der Waals surface area contributed by atoms with Gasteiger partial charge in [-0.25, -0.2) is 0 Å². The number of aromatic hydroxyl groups is 6. The first-order valence-corrected chi connectivity index (χ1v) is 7.39. The van der Waals surface area contributed by atoms with E-state index in [1.165, 1.54) is 24.3 Å². The first-order chi connectivity index (χ1) is 8.88. The summed E-state index contributed by atoms with van der Waals surface area (Å²) < 4.78 is 1.17. The average molecular weight is 378 g/mol. The van der Waals surface area contributed by atoms with Crippen molar-refractivity contribution in [3.05, 3.63) is 24.3 Å². The fraction of sp³-hybridized carbons (Fsp3) is 0. The molecule has 2 aromatic carbocycles. The summed E-state index contributed by atoms with van der Waals surface area (Å²) in [6.45, 7) is 0. The Morgan fingerprint density at radius 2 is 0.789 bits per heavy atom. The molecule has 0 spiro atoms. The Morgan fingerprint density at radius 3 is 1.05 bits per heavy atom. The molecule has 0 unspecified atom stereocenters. The van der Waals surface area contributed by atoms with E-state index in [1.807, 2.05) is 0 Å². The zero-order chi connectivity index (χ0) is 14.2. The predicted octanol–water partition coefficient (Wildman–Crippen LogP) is -0.425. The topological polar surface area (TPSA) is 121 Å². The molecule has 100 valence electrons. The Bertz CT molecular complexity index is 539. The van der Waals surface area contributed by atoms with E-state index in [9.17, 15) is 30.6 Å². The van der Waals surface area contributed by atoms with Gasteiger partial charge in [-0.15, -0.1) is 0 Å². The van der Waals surface area contributed by atoms with Crippen LogP contribution in [0.15, 0.2) is 24.3 Å². The van der Waals surface area contributed by atoms with Crippen molar-refractivity contribution < 1.29 is 30.6 Å². The molecule has 2 rings (SSSR count). The summed E-state index contributed by atoms with van der Waals surface area (Å²) in [5, 5.41) is 56.0. The Morgan fingerprint density at radius 1 is 0.526 bits per heavy atom. The van der Waals surface area contributed by atoms with E-state index >= 15 is 0 Å². The Labute approximate surface area is 117 Å². The molecule has 0 aliphatic heterocycles. The van der Waals surface area contributed by atoms with Crippen LogP contribution in [-0.2, 0) is 0 Å². The Balaban J connectivity index is 2.36. The zero-order valence-electron chi connectivity index (χ0n) is 9.40. The van der Waals surface area contributed by atoms with Crippen molar-refractivity contribution in [2.24, 2.45) is 0 Å². The van der Waals surface area contributed by atoms with Gasteiger partial charge in [0.15, 0.2) is 0 Å². The summed E-state index contributed by atoms with van der Waals surface area (Å²) in [5.74, 6) is -2.93. The van der Waals surface area contributed by atoms with Crippen LogP contribution in [0.25, 0.3) is 0 Å². The van der Waals surface area contributed by atoms with Crippen molar-refractivity contribution in [3.8, 4) is 34.5 Å². The molecular formula is C12H10O6Te. The summed E-state index contributed by atoms with van der Waals surface area (Å²) in [6.07, 6.45) is 0. The molecular weight excluding hydrogens is 368 g/mol. The van der Waals surface area contributed by atoms with Crippen LogP contribution >= 0.6 is 0 Å². The van der Waals surface area contributed by atoms with Crippen molar-refractivity contribution in [1.82, 2.24) is 0 Å². The molecule has 0 bridgehead atoms. The molecule has 0 aromatic heterocycles. The minimum atomic E-state index is -1.13. The van der Waals surface area contributed by atoms with Crippen molar-refractivity contribution in [3.63, 3.8) is 0 Å². The van der Waals surface area contributed by atoms with Gasteiger partial charge in [-0.3, -0.25) is 0 Å². The summed E-state index contributed by atoms with van der Waals surface area (Å²) in [5.41, 5.74) is 0. The molecule has 0 fully saturated rings. The van der Waals surface area contributed by atoms with E-state index in [1.54, 1.807) is 0 Å². The number of phenolic OH excluding ortho intramolecular Hbond substituents is 6. The van der Waals surface area contributed by atoms with Gasteiger partial charge in [0.25, 0.3) is 0 Å². The molecule has 0 aliphatic rings. The van der Waals surface area contributed by atoms with Crippen LogP contribution in [-0.4, -0.2) is 51.6 Å². The fourth-order valence-corrected chi connectivity index (χ4v) is 4.14. The van der Waals surface area contributed by atoms with Gasteiger partial charge in [0, 0.05) is 0 Å². The van der Waals surface area contributed by atoms with E-state index in [0.717, 1.165) is 0 Å². The monoisotopic (exact) mass is 380 g/mol. The van der Waals surface area contributed by atoms with Gasteiger partial charge in [0.05, 0.1) is 0 Å². The summed E-state index contributed by atoms with van der Waals surface area (Å²) >= 11 is -1.13. The van der Waals surface area contributed by atoms with Gasteiger partial charge in [0.1, 0.15) is 0 Å². The molecule has 0 heterocycles. The molecule has 2 aromatic rings. The second-order valence-electron chi connectivity index (χ2n) is 3.72. The fourth-order valence-electron chi connectivity index (χ4n) is 1.41. The van der Waals surface area contributed by atoms with Crippen LogP contribution in [0.5, 0.6) is 34.5 Å². The van der Waals surface area contributed by atoms with Crippen LogP contribution in [0.1, 0.15) is 0 Å².